The molecule has 2 heterocycles. The Kier molecular flexibility index (Phi) is 4.49. The summed E-state index contributed by atoms with van der Waals surface area (Å²) in [6, 6.07) is 7.04. The molecule has 1 aliphatic carbocycles. The number of aromatic nitrogens is 2. The van der Waals surface area contributed by atoms with Crippen LogP contribution in [0.5, 0.6) is 0 Å². The molecule has 1 saturated carbocycles. The summed E-state index contributed by atoms with van der Waals surface area (Å²) < 4.78 is 0.631. The van der Waals surface area contributed by atoms with Crippen molar-refractivity contribution in [2.75, 3.05) is 10.8 Å². The Morgan fingerprint density at radius 3 is 2.46 bits per heavy atom. The first-order chi connectivity index (χ1) is 12.6. The Morgan fingerprint density at radius 1 is 1.23 bits per heavy atom. The van der Waals surface area contributed by atoms with Gasteiger partial charge in [-0.05, 0) is 25.0 Å². The van der Waals surface area contributed by atoms with E-state index in [1.807, 2.05) is 6.92 Å². The molecule has 0 atom stereocenters. The lowest BCUT2D eigenvalue weighted by atomic mass is 10.1. The summed E-state index contributed by atoms with van der Waals surface area (Å²) in [6.07, 6.45) is 2.40. The number of hydrogen-bond donors (Lipinski definition) is 0. The van der Waals surface area contributed by atoms with Gasteiger partial charge in [-0.25, -0.2) is 0 Å². The third-order valence-electron chi connectivity index (χ3n) is 4.28. The minimum Gasteiger partial charge on any atom is -0.284 e. The number of nitrogens with zero attached hydrogens (tertiary/aromatic N) is 4. The predicted molar refractivity (Wildman–Crippen MR) is 98.4 cm³/mol. The van der Waals surface area contributed by atoms with E-state index in [1.165, 1.54) is 28.0 Å². The maximum Gasteiger partial charge on any atom is 0.262 e. The molecule has 0 radical (unpaired) electrons. The first kappa shape index (κ1) is 17.2. The zero-order chi connectivity index (χ0) is 18.3. The van der Waals surface area contributed by atoms with Crippen LogP contribution in [0.15, 0.2) is 28.6 Å². The fourth-order valence-electron chi connectivity index (χ4n) is 2.80. The highest BCUT2D eigenvalue weighted by Gasteiger charge is 2.36. The van der Waals surface area contributed by atoms with Gasteiger partial charge in [-0.2, -0.15) is 0 Å². The summed E-state index contributed by atoms with van der Waals surface area (Å²) in [5.74, 6) is -0.362. The van der Waals surface area contributed by atoms with Gasteiger partial charge in [0.15, 0.2) is 4.34 Å². The molecular weight excluding hydrogens is 372 g/mol. The summed E-state index contributed by atoms with van der Waals surface area (Å²) in [5.41, 5.74) is 0.869. The first-order valence-electron chi connectivity index (χ1n) is 8.33. The van der Waals surface area contributed by atoms with Gasteiger partial charge in [-0.15, -0.1) is 10.2 Å². The molecule has 2 aromatic rings. The lowest BCUT2D eigenvalue weighted by Crippen LogP contribution is -2.32. The Balaban J connectivity index is 1.45. The number of carbonyl (C=O) groups excluding carboxylic acids is 3. The maximum atomic E-state index is 12.4. The Hall–Kier alpha value is -2.26. The smallest absolute Gasteiger partial charge is 0.262 e. The Morgan fingerprint density at radius 2 is 1.88 bits per heavy atom. The molecule has 1 aromatic carbocycles. The van der Waals surface area contributed by atoms with E-state index in [-0.39, 0.29) is 29.6 Å². The summed E-state index contributed by atoms with van der Waals surface area (Å²) >= 11 is 2.60. The topological polar surface area (TPSA) is 83.5 Å². The molecular formula is C17H16N4O3S2. The van der Waals surface area contributed by atoms with Gasteiger partial charge in [0.2, 0.25) is 11.0 Å². The number of carbonyl (C=O) groups is 3. The van der Waals surface area contributed by atoms with Gasteiger partial charge in [0.05, 0.1) is 17.0 Å². The van der Waals surface area contributed by atoms with E-state index in [0.717, 1.165) is 12.8 Å². The molecule has 0 spiro atoms. The van der Waals surface area contributed by atoms with E-state index in [1.54, 1.807) is 29.2 Å². The third kappa shape index (κ3) is 3.01. The van der Waals surface area contributed by atoms with Crippen molar-refractivity contribution in [2.45, 2.75) is 36.6 Å². The van der Waals surface area contributed by atoms with Gasteiger partial charge < -0.3 is 0 Å². The van der Waals surface area contributed by atoms with E-state index in [0.29, 0.717) is 27.0 Å². The van der Waals surface area contributed by atoms with Crippen molar-refractivity contribution in [2.24, 2.45) is 0 Å². The van der Waals surface area contributed by atoms with E-state index in [2.05, 4.69) is 10.2 Å². The second kappa shape index (κ2) is 6.81. The summed E-state index contributed by atoms with van der Waals surface area (Å²) in [6.45, 7) is 1.83. The van der Waals surface area contributed by atoms with Crippen molar-refractivity contribution >= 4 is 46.0 Å². The molecule has 1 fully saturated rings. The fraction of sp³-hybridized carbons (Fsp3) is 0.353. The van der Waals surface area contributed by atoms with Crippen molar-refractivity contribution in [1.29, 1.82) is 0 Å². The molecule has 2 aliphatic rings. The molecule has 0 saturated heterocycles. The molecule has 0 bridgehead atoms. The predicted octanol–water partition coefficient (Wildman–Crippen LogP) is 2.79. The van der Waals surface area contributed by atoms with Gasteiger partial charge in [0.1, 0.15) is 0 Å². The largest absolute Gasteiger partial charge is 0.284 e. The highest BCUT2D eigenvalue weighted by molar-refractivity contribution is 8.01. The van der Waals surface area contributed by atoms with Crippen LogP contribution in [0.25, 0.3) is 0 Å². The molecule has 4 rings (SSSR count). The number of fused-ring (bicyclic) bond motifs is 1. The number of hydrogen-bond acceptors (Lipinski definition) is 7. The second-order valence-electron chi connectivity index (χ2n) is 6.06. The van der Waals surface area contributed by atoms with Crippen LogP contribution in [0.2, 0.25) is 0 Å². The average Bonchev–Trinajstić information content (AvgIpc) is 3.33. The van der Waals surface area contributed by atoms with Crippen molar-refractivity contribution in [3.05, 3.63) is 35.4 Å². The molecule has 0 N–H and O–H groups in total. The quantitative estimate of drug-likeness (QED) is 0.430. The van der Waals surface area contributed by atoms with Gasteiger partial charge in [0.25, 0.3) is 11.8 Å². The number of benzene rings is 1. The number of imide groups is 1. The molecule has 0 unspecified atom stereocenters. The summed E-state index contributed by atoms with van der Waals surface area (Å²) in [7, 11) is 0. The standard InChI is InChI=1S/C17H16N4O3S2/c1-2-13(22)21(10-7-8-10)16-18-19-17(26-16)25-9-20-14(23)11-5-3-4-6-12(11)15(20)24/h3-6,10H,2,7-9H2,1H3. The fourth-order valence-corrected chi connectivity index (χ4v) is 4.66. The van der Waals surface area contributed by atoms with Crippen molar-refractivity contribution in [1.82, 2.24) is 15.1 Å². The highest BCUT2D eigenvalue weighted by Crippen LogP contribution is 2.36. The average molecular weight is 388 g/mol. The maximum absolute atomic E-state index is 12.4. The number of amides is 3. The number of thioether (sulfide) groups is 1. The Bertz CT molecular complexity index is 859. The monoisotopic (exact) mass is 388 g/mol. The highest BCUT2D eigenvalue weighted by atomic mass is 32.2. The molecule has 3 amide bonds. The summed E-state index contributed by atoms with van der Waals surface area (Å²) in [5, 5.41) is 8.83. The molecule has 9 heteroatoms. The molecule has 7 nitrogen and oxygen atoms in total. The van der Waals surface area contributed by atoms with Crippen LogP contribution >= 0.6 is 23.1 Å². The van der Waals surface area contributed by atoms with Gasteiger partial charge in [0, 0.05) is 12.5 Å². The van der Waals surface area contributed by atoms with Gasteiger partial charge in [-0.3, -0.25) is 24.2 Å². The van der Waals surface area contributed by atoms with E-state index in [9.17, 15) is 14.4 Å². The van der Waals surface area contributed by atoms with Gasteiger partial charge >= 0.3 is 0 Å². The number of anilines is 1. The minimum atomic E-state index is -0.288. The lowest BCUT2D eigenvalue weighted by molar-refractivity contribution is -0.118. The van der Waals surface area contributed by atoms with Crippen LogP contribution in [0.4, 0.5) is 5.13 Å². The minimum absolute atomic E-state index is 0.0422. The zero-order valence-corrected chi connectivity index (χ0v) is 15.7. The normalized spacial score (nSPS) is 16.1. The second-order valence-corrected chi connectivity index (χ2v) is 8.20. The summed E-state index contributed by atoms with van der Waals surface area (Å²) in [4.78, 5) is 39.8. The van der Waals surface area contributed by atoms with Crippen LogP contribution in [-0.4, -0.2) is 44.7 Å². The molecule has 1 aromatic heterocycles. The first-order valence-corrected chi connectivity index (χ1v) is 10.1. The van der Waals surface area contributed by atoms with Crippen LogP contribution in [0.1, 0.15) is 46.9 Å². The van der Waals surface area contributed by atoms with E-state index in [4.69, 9.17) is 0 Å². The van der Waals surface area contributed by atoms with E-state index >= 15 is 0 Å². The van der Waals surface area contributed by atoms with E-state index < -0.39 is 0 Å². The number of rotatable bonds is 6. The van der Waals surface area contributed by atoms with Crippen molar-refractivity contribution in [3.63, 3.8) is 0 Å². The van der Waals surface area contributed by atoms with Crippen LogP contribution in [-0.2, 0) is 4.79 Å². The van der Waals surface area contributed by atoms with Gasteiger partial charge in [-0.1, -0.05) is 42.2 Å². The zero-order valence-electron chi connectivity index (χ0n) is 14.0. The van der Waals surface area contributed by atoms with Crippen LogP contribution < -0.4 is 4.90 Å². The van der Waals surface area contributed by atoms with Crippen LogP contribution in [0, 0.1) is 0 Å². The van der Waals surface area contributed by atoms with Crippen LogP contribution in [0.3, 0.4) is 0 Å². The van der Waals surface area contributed by atoms with Crippen molar-refractivity contribution < 1.29 is 14.4 Å². The Labute approximate surface area is 158 Å². The lowest BCUT2D eigenvalue weighted by Gasteiger charge is -2.17. The molecule has 1 aliphatic heterocycles. The molecule has 134 valence electrons. The molecule has 26 heavy (non-hydrogen) atoms. The van der Waals surface area contributed by atoms with Crippen molar-refractivity contribution in [3.8, 4) is 0 Å². The SMILES string of the molecule is CCC(=O)N(c1nnc(SCN2C(=O)c3ccccc3C2=O)s1)C1CC1. The third-order valence-corrected chi connectivity index (χ3v) is 6.32.